The molecule has 2 N–H and O–H groups in total. The maximum atomic E-state index is 13.2. The maximum absolute atomic E-state index is 13.2. The summed E-state index contributed by atoms with van der Waals surface area (Å²) in [4.78, 5) is 63.8. The molecular formula is C21H16F3N11O4. The first kappa shape index (κ1) is 25.4. The maximum Gasteiger partial charge on any atom is 0.451 e. The van der Waals surface area contributed by atoms with Gasteiger partial charge in [-0.1, -0.05) is 5.16 Å². The number of amides is 1. The largest absolute Gasteiger partial charge is 0.451 e. The van der Waals surface area contributed by atoms with Crippen LogP contribution in [-0.4, -0.2) is 55.1 Å². The van der Waals surface area contributed by atoms with Crippen LogP contribution in [-0.2, 0) is 17.5 Å². The molecule has 15 nitrogen and oxygen atoms in total. The Morgan fingerprint density at radius 1 is 1.13 bits per heavy atom. The normalized spacial score (nSPS) is 12.5. The van der Waals surface area contributed by atoms with Crippen LogP contribution in [0.15, 0.2) is 45.2 Å². The molecule has 0 bridgehead atoms. The van der Waals surface area contributed by atoms with Crippen molar-refractivity contribution in [2.75, 3.05) is 5.32 Å². The van der Waals surface area contributed by atoms with Gasteiger partial charge in [-0.05, 0) is 13.8 Å². The quantitative estimate of drug-likeness (QED) is 0.311. The summed E-state index contributed by atoms with van der Waals surface area (Å²) in [5.41, 5.74) is -1.35. The zero-order valence-corrected chi connectivity index (χ0v) is 20.0. The first-order chi connectivity index (χ1) is 18.5. The molecule has 0 saturated carbocycles. The number of hydrogen-bond donors (Lipinski definition) is 2. The van der Waals surface area contributed by atoms with Crippen LogP contribution in [0.4, 0.5) is 19.0 Å². The second-order valence-electron chi connectivity index (χ2n) is 8.15. The van der Waals surface area contributed by atoms with Crippen LogP contribution < -0.4 is 16.6 Å². The van der Waals surface area contributed by atoms with E-state index in [4.69, 9.17) is 4.52 Å². The summed E-state index contributed by atoms with van der Waals surface area (Å²) in [6, 6.07) is -1.02. The predicted octanol–water partition coefficient (Wildman–Crippen LogP) is 1.09. The lowest BCUT2D eigenvalue weighted by atomic mass is 10.2. The molecule has 18 heteroatoms. The number of anilines is 1. The van der Waals surface area contributed by atoms with E-state index in [1.807, 2.05) is 0 Å². The zero-order valence-electron chi connectivity index (χ0n) is 20.0. The van der Waals surface area contributed by atoms with Crippen LogP contribution in [0.25, 0.3) is 22.4 Å². The Hall–Kier alpha value is -5.29. The van der Waals surface area contributed by atoms with Gasteiger partial charge in [-0.25, -0.2) is 29.3 Å². The minimum absolute atomic E-state index is 0.0220. The van der Waals surface area contributed by atoms with Gasteiger partial charge in [0.2, 0.25) is 17.6 Å². The molecule has 200 valence electrons. The lowest BCUT2D eigenvalue weighted by molar-refractivity contribution is -0.145. The molecule has 5 heterocycles. The number of H-pyrrole nitrogens is 1. The first-order valence-corrected chi connectivity index (χ1v) is 11.0. The number of carbonyl (C=O) groups is 1. The summed E-state index contributed by atoms with van der Waals surface area (Å²) < 4.78 is 45.3. The third kappa shape index (κ3) is 4.98. The minimum atomic E-state index is -4.70. The molecule has 0 aromatic carbocycles. The van der Waals surface area contributed by atoms with Crippen LogP contribution in [0.5, 0.6) is 0 Å². The van der Waals surface area contributed by atoms with Crippen LogP contribution >= 0.6 is 0 Å². The number of halogens is 3. The Morgan fingerprint density at radius 2 is 1.87 bits per heavy atom. The van der Waals surface area contributed by atoms with Crippen molar-refractivity contribution >= 4 is 22.9 Å². The standard InChI is InChI=1S/C21H16F3N11O4/c1-9(17(36)31-13-6-25-5-12(30-13)11-3-26-19(27-4-11)21(22,23)24)35-8-28-16-15(35)18(37)34(20(38)32-16)7-14-29-10(2)33-39-14/h3-6,8-9H,7H2,1-2H3,(H,32,38)(H,30,31,36)/t9-/m0/s1. The van der Waals surface area contributed by atoms with Gasteiger partial charge in [-0.2, -0.15) is 18.2 Å². The van der Waals surface area contributed by atoms with E-state index in [-0.39, 0.29) is 40.7 Å². The molecule has 0 saturated heterocycles. The van der Waals surface area contributed by atoms with Crippen molar-refractivity contribution < 1.29 is 22.5 Å². The average Bonchev–Trinajstić information content (AvgIpc) is 3.51. The highest BCUT2D eigenvalue weighted by atomic mass is 19.4. The van der Waals surface area contributed by atoms with Crippen molar-refractivity contribution in [2.24, 2.45) is 0 Å². The Morgan fingerprint density at radius 3 is 2.54 bits per heavy atom. The van der Waals surface area contributed by atoms with E-state index in [0.29, 0.717) is 5.82 Å². The van der Waals surface area contributed by atoms with E-state index in [0.717, 1.165) is 17.0 Å². The lowest BCUT2D eigenvalue weighted by Gasteiger charge is -2.14. The number of nitrogens with zero attached hydrogens (tertiary/aromatic N) is 9. The van der Waals surface area contributed by atoms with E-state index in [1.54, 1.807) is 6.92 Å². The summed E-state index contributed by atoms with van der Waals surface area (Å²) in [7, 11) is 0. The van der Waals surface area contributed by atoms with Gasteiger partial charge < -0.3 is 14.4 Å². The average molecular weight is 543 g/mol. The zero-order chi connectivity index (χ0) is 27.9. The van der Waals surface area contributed by atoms with Crippen molar-refractivity contribution in [1.29, 1.82) is 0 Å². The fourth-order valence-corrected chi connectivity index (χ4v) is 3.56. The SMILES string of the molecule is Cc1noc(Cn2c(=O)[nH]c3ncn([C@@H](C)C(=O)Nc4cncc(-c5cnc(C(F)(F)F)nc5)n4)c3c2=O)n1. The number of hydrogen-bond acceptors (Lipinski definition) is 11. The lowest BCUT2D eigenvalue weighted by Crippen LogP contribution is -2.37. The molecule has 5 aromatic heterocycles. The van der Waals surface area contributed by atoms with Gasteiger partial charge in [-0.15, -0.1) is 0 Å². The Labute approximate surface area is 213 Å². The molecule has 39 heavy (non-hydrogen) atoms. The van der Waals surface area contributed by atoms with Crippen molar-refractivity contribution in [3.05, 3.63) is 69.5 Å². The van der Waals surface area contributed by atoms with E-state index in [1.165, 1.54) is 30.2 Å². The second kappa shape index (κ2) is 9.54. The summed E-state index contributed by atoms with van der Waals surface area (Å²) >= 11 is 0. The molecule has 5 rings (SSSR count). The number of alkyl halides is 3. The van der Waals surface area contributed by atoms with E-state index in [2.05, 4.69) is 45.4 Å². The molecule has 0 radical (unpaired) electrons. The molecule has 1 amide bonds. The number of rotatable bonds is 6. The molecule has 1 atom stereocenters. The van der Waals surface area contributed by atoms with E-state index < -0.39 is 35.2 Å². The number of aromatic amines is 1. The third-order valence-corrected chi connectivity index (χ3v) is 5.46. The number of imidazole rings is 1. The van der Waals surface area contributed by atoms with Crippen molar-refractivity contribution in [2.45, 2.75) is 32.6 Å². The van der Waals surface area contributed by atoms with E-state index in [9.17, 15) is 27.6 Å². The van der Waals surface area contributed by atoms with Crippen molar-refractivity contribution in [3.8, 4) is 11.3 Å². The van der Waals surface area contributed by atoms with Gasteiger partial charge in [0, 0.05) is 18.0 Å². The van der Waals surface area contributed by atoms with Crippen molar-refractivity contribution in [3.63, 3.8) is 0 Å². The number of fused-ring (bicyclic) bond motifs is 1. The molecule has 0 aliphatic heterocycles. The topological polar surface area (TPSA) is 192 Å². The molecule has 0 aliphatic rings. The van der Waals surface area contributed by atoms with Gasteiger partial charge in [0.15, 0.2) is 22.8 Å². The monoisotopic (exact) mass is 543 g/mol. The molecule has 5 aromatic rings. The number of carbonyl (C=O) groups excluding carboxylic acids is 1. The fraction of sp³-hybridized carbons (Fsp3) is 0.238. The molecule has 0 spiro atoms. The predicted molar refractivity (Wildman–Crippen MR) is 124 cm³/mol. The Kier molecular flexibility index (Phi) is 6.21. The summed E-state index contributed by atoms with van der Waals surface area (Å²) in [6.45, 7) is 2.76. The van der Waals surface area contributed by atoms with Gasteiger partial charge in [0.05, 0.1) is 24.4 Å². The third-order valence-electron chi connectivity index (χ3n) is 5.46. The number of aryl methyl sites for hydroxylation is 1. The smallest absolute Gasteiger partial charge is 0.337 e. The molecule has 0 fully saturated rings. The summed E-state index contributed by atoms with van der Waals surface area (Å²) in [6.07, 6.45) is 0.880. The van der Waals surface area contributed by atoms with Gasteiger partial charge >= 0.3 is 11.9 Å². The Bertz CT molecular complexity index is 1800. The first-order valence-electron chi connectivity index (χ1n) is 11.0. The Balaban J connectivity index is 1.40. The van der Waals surface area contributed by atoms with Crippen LogP contribution in [0.1, 0.15) is 30.5 Å². The minimum Gasteiger partial charge on any atom is -0.337 e. The van der Waals surface area contributed by atoms with Crippen LogP contribution in [0, 0.1) is 6.92 Å². The van der Waals surface area contributed by atoms with Gasteiger partial charge in [-0.3, -0.25) is 19.6 Å². The molecule has 0 aliphatic carbocycles. The second-order valence-corrected chi connectivity index (χ2v) is 8.15. The highest BCUT2D eigenvalue weighted by Gasteiger charge is 2.34. The van der Waals surface area contributed by atoms with Gasteiger partial charge in [0.25, 0.3) is 5.56 Å². The highest BCUT2D eigenvalue weighted by Crippen LogP contribution is 2.26. The number of nitrogens with one attached hydrogen (secondary N) is 2. The highest BCUT2D eigenvalue weighted by molar-refractivity contribution is 5.93. The van der Waals surface area contributed by atoms with E-state index >= 15 is 0 Å². The van der Waals surface area contributed by atoms with Gasteiger partial charge in [0.1, 0.15) is 12.6 Å². The number of aromatic nitrogens is 10. The summed E-state index contributed by atoms with van der Waals surface area (Å²) in [5.74, 6) is -1.60. The fourth-order valence-electron chi connectivity index (χ4n) is 3.56. The van der Waals surface area contributed by atoms with Crippen molar-refractivity contribution in [1.82, 2.24) is 49.2 Å². The molecular weight excluding hydrogens is 527 g/mol. The molecule has 0 unspecified atom stereocenters. The van der Waals surface area contributed by atoms with Crippen LogP contribution in [0.2, 0.25) is 0 Å². The summed E-state index contributed by atoms with van der Waals surface area (Å²) in [5, 5.41) is 6.16. The van der Waals surface area contributed by atoms with Crippen LogP contribution in [0.3, 0.4) is 0 Å².